The summed E-state index contributed by atoms with van der Waals surface area (Å²) in [6, 6.07) is 8.15. The van der Waals surface area contributed by atoms with Crippen LogP contribution < -0.4 is 0 Å². The molecule has 1 unspecified atom stereocenters. The maximum Gasteiger partial charge on any atom is 0.156 e. The number of benzene rings is 1. The van der Waals surface area contributed by atoms with Crippen LogP contribution in [0.5, 0.6) is 0 Å². The van der Waals surface area contributed by atoms with Crippen LogP contribution in [-0.2, 0) is 4.79 Å². The highest BCUT2D eigenvalue weighted by molar-refractivity contribution is 6.02. The number of aliphatic hydroxyl groups is 1. The first kappa shape index (κ1) is 19.7. The lowest BCUT2D eigenvalue weighted by Gasteiger charge is -2.15. The first-order valence-corrected chi connectivity index (χ1v) is 9.83. The van der Waals surface area contributed by atoms with E-state index in [1.54, 1.807) is 0 Å². The zero-order chi connectivity index (χ0) is 18.1. The molecule has 0 spiro atoms. The topological polar surface area (TPSA) is 37.3 Å². The largest absolute Gasteiger partial charge is 0.388 e. The molecule has 0 amide bonds. The Hall–Kier alpha value is -1.67. The first-order valence-electron chi connectivity index (χ1n) is 9.83. The second kappa shape index (κ2) is 10.4. The monoisotopic (exact) mass is 340 g/mol. The molecule has 1 aliphatic carbocycles. The zero-order valence-electron chi connectivity index (χ0n) is 15.7. The maximum atomic E-state index is 11.9. The van der Waals surface area contributed by atoms with E-state index in [9.17, 15) is 9.90 Å². The van der Waals surface area contributed by atoms with E-state index in [1.807, 2.05) is 18.2 Å². The third kappa shape index (κ3) is 5.97. The molecule has 0 heterocycles. The summed E-state index contributed by atoms with van der Waals surface area (Å²) in [6.07, 6.45) is 13.9. The minimum atomic E-state index is -0.382. The Labute approximate surface area is 152 Å². The number of hydrogen-bond acceptors (Lipinski definition) is 2. The Morgan fingerprint density at radius 3 is 2.56 bits per heavy atom. The fourth-order valence-electron chi connectivity index (χ4n) is 3.43. The lowest BCUT2D eigenvalue weighted by Crippen LogP contribution is -2.01. The van der Waals surface area contributed by atoms with Gasteiger partial charge in [-0.25, -0.2) is 0 Å². The molecule has 0 aliphatic heterocycles. The van der Waals surface area contributed by atoms with Crippen molar-refractivity contribution < 1.29 is 9.90 Å². The molecule has 2 heteroatoms. The van der Waals surface area contributed by atoms with Gasteiger partial charge < -0.3 is 5.11 Å². The SMILES string of the molecule is CCC/C=C\C[C@H]1CC(=O)C=C1c1ccc(C(O)CCCCC)cc1. The van der Waals surface area contributed by atoms with Gasteiger partial charge in [0.15, 0.2) is 5.78 Å². The molecule has 1 N–H and O–H groups in total. The summed E-state index contributed by atoms with van der Waals surface area (Å²) in [6.45, 7) is 4.35. The standard InChI is InChI=1S/C23H32O2/c1-3-5-7-9-10-20-16-21(24)17-22(20)18-12-14-19(15-13-18)23(25)11-8-6-4-2/h7,9,12-15,17,20,23,25H,3-6,8,10-11,16H2,1-2H3/b9-7-/t20-,23?/m0/s1. The fraction of sp³-hybridized carbons (Fsp3) is 0.522. The van der Waals surface area contributed by atoms with Crippen molar-refractivity contribution in [3.63, 3.8) is 0 Å². The molecule has 0 saturated carbocycles. The van der Waals surface area contributed by atoms with E-state index in [0.717, 1.165) is 55.2 Å². The third-order valence-electron chi connectivity index (χ3n) is 4.96. The molecule has 0 aromatic heterocycles. The van der Waals surface area contributed by atoms with Gasteiger partial charge in [-0.15, -0.1) is 0 Å². The van der Waals surface area contributed by atoms with E-state index in [1.165, 1.54) is 6.42 Å². The lowest BCUT2D eigenvalue weighted by atomic mass is 9.91. The molecule has 2 atom stereocenters. The maximum absolute atomic E-state index is 11.9. The number of allylic oxidation sites excluding steroid dienone is 4. The minimum Gasteiger partial charge on any atom is -0.388 e. The normalized spacial score (nSPS) is 18.8. The van der Waals surface area contributed by atoms with Crippen molar-refractivity contribution in [2.24, 2.45) is 5.92 Å². The summed E-state index contributed by atoms with van der Waals surface area (Å²) < 4.78 is 0. The Morgan fingerprint density at radius 2 is 1.88 bits per heavy atom. The van der Waals surface area contributed by atoms with Gasteiger partial charge in [0.05, 0.1) is 6.10 Å². The lowest BCUT2D eigenvalue weighted by molar-refractivity contribution is -0.114. The van der Waals surface area contributed by atoms with Crippen LogP contribution >= 0.6 is 0 Å². The Morgan fingerprint density at radius 1 is 1.12 bits per heavy atom. The molecule has 0 saturated heterocycles. The van der Waals surface area contributed by atoms with Crippen molar-refractivity contribution in [1.29, 1.82) is 0 Å². The Kier molecular flexibility index (Phi) is 8.14. The Bertz CT molecular complexity index is 595. The van der Waals surface area contributed by atoms with E-state index in [4.69, 9.17) is 0 Å². The van der Waals surface area contributed by atoms with Crippen molar-refractivity contribution in [2.75, 3.05) is 0 Å². The molecule has 0 radical (unpaired) electrons. The molecule has 0 bridgehead atoms. The van der Waals surface area contributed by atoms with Gasteiger partial charge >= 0.3 is 0 Å². The molecular formula is C23H32O2. The van der Waals surface area contributed by atoms with Crippen LogP contribution in [0.2, 0.25) is 0 Å². The van der Waals surface area contributed by atoms with Crippen LogP contribution in [0.25, 0.3) is 5.57 Å². The van der Waals surface area contributed by atoms with Gasteiger partial charge in [0.1, 0.15) is 0 Å². The quantitative estimate of drug-likeness (QED) is 0.418. The molecule has 0 fully saturated rings. The number of carbonyl (C=O) groups is 1. The number of rotatable bonds is 10. The average molecular weight is 341 g/mol. The van der Waals surface area contributed by atoms with Crippen LogP contribution in [0.4, 0.5) is 0 Å². The molecule has 2 nitrogen and oxygen atoms in total. The number of aliphatic hydroxyl groups excluding tert-OH is 1. The summed E-state index contributed by atoms with van der Waals surface area (Å²) in [7, 11) is 0. The molecule has 136 valence electrons. The second-order valence-corrected chi connectivity index (χ2v) is 7.10. The molecular weight excluding hydrogens is 308 g/mol. The van der Waals surface area contributed by atoms with Crippen molar-refractivity contribution in [3.05, 3.63) is 53.6 Å². The first-order chi connectivity index (χ1) is 12.2. The number of hydrogen-bond donors (Lipinski definition) is 1. The van der Waals surface area contributed by atoms with Crippen molar-refractivity contribution >= 4 is 11.4 Å². The van der Waals surface area contributed by atoms with Gasteiger partial charge in [0.2, 0.25) is 0 Å². The van der Waals surface area contributed by atoms with E-state index in [0.29, 0.717) is 12.3 Å². The van der Waals surface area contributed by atoms with Crippen molar-refractivity contribution in [3.8, 4) is 0 Å². The van der Waals surface area contributed by atoms with E-state index in [2.05, 4.69) is 38.1 Å². The van der Waals surface area contributed by atoms with E-state index >= 15 is 0 Å². The van der Waals surface area contributed by atoms with E-state index < -0.39 is 0 Å². The molecule has 1 aromatic carbocycles. The smallest absolute Gasteiger partial charge is 0.156 e. The van der Waals surface area contributed by atoms with Gasteiger partial charge in [0.25, 0.3) is 0 Å². The van der Waals surface area contributed by atoms with Gasteiger partial charge in [-0.2, -0.15) is 0 Å². The van der Waals surface area contributed by atoms with E-state index in [-0.39, 0.29) is 11.9 Å². The summed E-state index contributed by atoms with van der Waals surface area (Å²) in [4.78, 5) is 11.9. The van der Waals surface area contributed by atoms with Gasteiger partial charge in [-0.3, -0.25) is 4.79 Å². The second-order valence-electron chi connectivity index (χ2n) is 7.10. The highest BCUT2D eigenvalue weighted by Gasteiger charge is 2.24. The van der Waals surface area contributed by atoms with Crippen LogP contribution in [0, 0.1) is 5.92 Å². The van der Waals surface area contributed by atoms with Crippen LogP contribution in [0.3, 0.4) is 0 Å². The van der Waals surface area contributed by atoms with Crippen LogP contribution in [0.15, 0.2) is 42.5 Å². The highest BCUT2D eigenvalue weighted by atomic mass is 16.3. The molecule has 1 aromatic rings. The van der Waals surface area contributed by atoms with Gasteiger partial charge in [-0.1, -0.05) is 75.9 Å². The molecule has 1 aliphatic rings. The third-order valence-corrected chi connectivity index (χ3v) is 4.96. The number of unbranched alkanes of at least 4 members (excludes halogenated alkanes) is 3. The zero-order valence-corrected chi connectivity index (χ0v) is 15.7. The number of ketones is 1. The summed E-state index contributed by atoms with van der Waals surface area (Å²) in [5.74, 6) is 0.522. The van der Waals surface area contributed by atoms with Crippen LogP contribution in [-0.4, -0.2) is 10.9 Å². The predicted molar refractivity (Wildman–Crippen MR) is 105 cm³/mol. The number of carbonyl (C=O) groups excluding carboxylic acids is 1. The summed E-state index contributed by atoms with van der Waals surface area (Å²) >= 11 is 0. The average Bonchev–Trinajstić information content (AvgIpc) is 2.99. The predicted octanol–water partition coefficient (Wildman–Crippen LogP) is 6.02. The van der Waals surface area contributed by atoms with Crippen molar-refractivity contribution in [1.82, 2.24) is 0 Å². The van der Waals surface area contributed by atoms with Crippen molar-refractivity contribution in [2.45, 2.75) is 71.3 Å². The summed E-state index contributed by atoms with van der Waals surface area (Å²) in [5.41, 5.74) is 3.24. The summed E-state index contributed by atoms with van der Waals surface area (Å²) in [5, 5.41) is 10.3. The molecule has 2 rings (SSSR count). The van der Waals surface area contributed by atoms with Gasteiger partial charge in [-0.05, 0) is 48.0 Å². The highest BCUT2D eigenvalue weighted by Crippen LogP contribution is 2.35. The fourth-order valence-corrected chi connectivity index (χ4v) is 3.43. The Balaban J connectivity index is 2.01. The minimum absolute atomic E-state index is 0.229. The van der Waals surface area contributed by atoms with Crippen LogP contribution in [0.1, 0.15) is 82.4 Å². The van der Waals surface area contributed by atoms with Gasteiger partial charge in [0, 0.05) is 6.42 Å². The molecule has 25 heavy (non-hydrogen) atoms.